The largest absolute Gasteiger partial charge is 0.382 e. The van der Waals surface area contributed by atoms with Crippen LogP contribution in [0.4, 0.5) is 4.39 Å². The van der Waals surface area contributed by atoms with Crippen molar-refractivity contribution in [1.82, 2.24) is 15.1 Å². The number of nitrogens with one attached hydrogen (secondary N) is 1. The smallest absolute Gasteiger partial charge is 0.275 e. The molecule has 0 unspecified atom stereocenters. The Morgan fingerprint density at radius 1 is 1.39 bits per heavy atom. The van der Waals surface area contributed by atoms with Crippen molar-refractivity contribution < 1.29 is 13.9 Å². The van der Waals surface area contributed by atoms with Gasteiger partial charge in [-0.15, -0.1) is 0 Å². The van der Waals surface area contributed by atoms with Crippen molar-refractivity contribution in [2.45, 2.75) is 26.8 Å². The van der Waals surface area contributed by atoms with Crippen LogP contribution in [0.15, 0.2) is 23.0 Å². The van der Waals surface area contributed by atoms with E-state index in [9.17, 15) is 14.0 Å². The van der Waals surface area contributed by atoms with Crippen LogP contribution in [-0.4, -0.2) is 35.4 Å². The van der Waals surface area contributed by atoms with Crippen LogP contribution in [0.2, 0.25) is 0 Å². The zero-order valence-corrected chi connectivity index (χ0v) is 13.3. The van der Waals surface area contributed by atoms with Crippen molar-refractivity contribution in [2.24, 2.45) is 0 Å². The summed E-state index contributed by atoms with van der Waals surface area (Å²) < 4.78 is 20.1. The highest BCUT2D eigenvalue weighted by molar-refractivity contribution is 5.95. The van der Waals surface area contributed by atoms with Gasteiger partial charge in [-0.05, 0) is 38.5 Å². The lowest BCUT2D eigenvalue weighted by molar-refractivity contribution is 0.0936. The predicted molar refractivity (Wildman–Crippen MR) is 85.1 cm³/mol. The lowest BCUT2D eigenvalue weighted by Crippen LogP contribution is -2.33. The molecule has 1 aromatic carbocycles. The highest BCUT2D eigenvalue weighted by Crippen LogP contribution is 2.12. The minimum absolute atomic E-state index is 0.154. The highest BCUT2D eigenvalue weighted by atomic mass is 19.1. The zero-order chi connectivity index (χ0) is 16.8. The SMILES string of the molecule is CCOCCCNC(=O)c1nn(CC)c2ccc(F)cc2c1=O. The lowest BCUT2D eigenvalue weighted by atomic mass is 10.2. The van der Waals surface area contributed by atoms with E-state index in [1.165, 1.54) is 16.8 Å². The number of carbonyl (C=O) groups is 1. The van der Waals surface area contributed by atoms with Gasteiger partial charge in [-0.3, -0.25) is 14.3 Å². The molecule has 0 saturated heterocycles. The fraction of sp³-hybridized carbons (Fsp3) is 0.438. The molecule has 124 valence electrons. The first-order valence-electron chi connectivity index (χ1n) is 7.64. The zero-order valence-electron chi connectivity index (χ0n) is 13.3. The molecule has 6 nitrogen and oxygen atoms in total. The van der Waals surface area contributed by atoms with Crippen LogP contribution in [0.25, 0.3) is 10.9 Å². The number of halogens is 1. The molecule has 0 fully saturated rings. The van der Waals surface area contributed by atoms with E-state index in [1.807, 2.05) is 13.8 Å². The molecular weight excluding hydrogens is 301 g/mol. The van der Waals surface area contributed by atoms with Gasteiger partial charge in [0.25, 0.3) is 5.91 Å². The number of ether oxygens (including phenoxy) is 1. The second-order valence-corrected chi connectivity index (χ2v) is 4.96. The Balaban J connectivity index is 2.28. The fourth-order valence-corrected chi connectivity index (χ4v) is 2.26. The molecule has 0 aliphatic rings. The number of aryl methyl sites for hydroxylation is 1. The third-order valence-corrected chi connectivity index (χ3v) is 3.39. The first kappa shape index (κ1) is 17.1. The van der Waals surface area contributed by atoms with Gasteiger partial charge in [-0.1, -0.05) is 0 Å². The molecule has 0 saturated carbocycles. The van der Waals surface area contributed by atoms with Crippen molar-refractivity contribution >= 4 is 16.8 Å². The summed E-state index contributed by atoms with van der Waals surface area (Å²) in [6.45, 7) is 5.73. The predicted octanol–water partition coefficient (Wildman–Crippen LogP) is 1.71. The molecule has 7 heteroatoms. The second-order valence-electron chi connectivity index (χ2n) is 4.96. The van der Waals surface area contributed by atoms with Crippen LogP contribution >= 0.6 is 0 Å². The van der Waals surface area contributed by atoms with Gasteiger partial charge >= 0.3 is 0 Å². The Bertz CT molecular complexity index is 758. The normalized spacial score (nSPS) is 10.9. The Labute approximate surface area is 133 Å². The van der Waals surface area contributed by atoms with Crippen molar-refractivity contribution in [3.63, 3.8) is 0 Å². The molecule has 0 spiro atoms. The number of fused-ring (bicyclic) bond motifs is 1. The number of benzene rings is 1. The summed E-state index contributed by atoms with van der Waals surface area (Å²) in [6, 6.07) is 3.90. The highest BCUT2D eigenvalue weighted by Gasteiger charge is 2.17. The number of hydrogen-bond acceptors (Lipinski definition) is 4. The fourth-order valence-electron chi connectivity index (χ4n) is 2.26. The van der Waals surface area contributed by atoms with Gasteiger partial charge in [0.1, 0.15) is 5.82 Å². The minimum atomic E-state index is -0.563. The van der Waals surface area contributed by atoms with E-state index in [4.69, 9.17) is 4.74 Å². The molecule has 0 aliphatic carbocycles. The van der Waals surface area contributed by atoms with Crippen molar-refractivity contribution in [1.29, 1.82) is 0 Å². The van der Waals surface area contributed by atoms with Gasteiger partial charge in [-0.25, -0.2) is 4.39 Å². The number of carbonyl (C=O) groups excluding carboxylic acids is 1. The molecule has 0 radical (unpaired) electrons. The molecule has 0 atom stereocenters. The molecule has 23 heavy (non-hydrogen) atoms. The van der Waals surface area contributed by atoms with Crippen LogP contribution in [0.3, 0.4) is 0 Å². The maximum absolute atomic E-state index is 13.4. The van der Waals surface area contributed by atoms with E-state index < -0.39 is 17.2 Å². The number of amides is 1. The topological polar surface area (TPSA) is 73.2 Å². The number of nitrogens with zero attached hydrogens (tertiary/aromatic N) is 2. The molecule has 1 heterocycles. The Morgan fingerprint density at radius 3 is 2.87 bits per heavy atom. The molecule has 0 bridgehead atoms. The Kier molecular flexibility index (Phi) is 5.81. The van der Waals surface area contributed by atoms with Crippen LogP contribution < -0.4 is 10.7 Å². The summed E-state index contributed by atoms with van der Waals surface area (Å²) in [6.07, 6.45) is 0.643. The van der Waals surface area contributed by atoms with Gasteiger partial charge < -0.3 is 10.1 Å². The number of rotatable bonds is 7. The molecule has 1 N–H and O–H groups in total. The summed E-state index contributed by atoms with van der Waals surface area (Å²) in [5.41, 5.74) is -0.278. The monoisotopic (exact) mass is 321 g/mol. The number of hydrogen-bond donors (Lipinski definition) is 1. The van der Waals surface area contributed by atoms with Crippen molar-refractivity contribution in [2.75, 3.05) is 19.8 Å². The summed E-state index contributed by atoms with van der Waals surface area (Å²) in [5.74, 6) is -1.08. The van der Waals surface area contributed by atoms with E-state index in [2.05, 4.69) is 10.4 Å². The average Bonchev–Trinajstić information content (AvgIpc) is 2.55. The molecule has 2 rings (SSSR count). The van der Waals surface area contributed by atoms with Crippen molar-refractivity contribution in [3.8, 4) is 0 Å². The van der Waals surface area contributed by atoms with Gasteiger partial charge in [0, 0.05) is 26.3 Å². The first-order valence-corrected chi connectivity index (χ1v) is 7.64. The van der Waals surface area contributed by atoms with Gasteiger partial charge in [0.15, 0.2) is 5.69 Å². The van der Waals surface area contributed by atoms with Crippen LogP contribution in [0.5, 0.6) is 0 Å². The van der Waals surface area contributed by atoms with E-state index in [1.54, 1.807) is 0 Å². The Morgan fingerprint density at radius 2 is 2.17 bits per heavy atom. The third kappa shape index (κ3) is 3.92. The number of aromatic nitrogens is 2. The maximum Gasteiger partial charge on any atom is 0.275 e. The van der Waals surface area contributed by atoms with E-state index in [0.29, 0.717) is 38.2 Å². The van der Waals surface area contributed by atoms with Gasteiger partial charge in [-0.2, -0.15) is 5.10 Å². The molecular formula is C16H20FN3O3. The summed E-state index contributed by atoms with van der Waals surface area (Å²) in [5, 5.41) is 6.90. The molecule has 2 aromatic rings. The third-order valence-electron chi connectivity index (χ3n) is 3.39. The molecule has 1 aromatic heterocycles. The van der Waals surface area contributed by atoms with E-state index >= 15 is 0 Å². The van der Waals surface area contributed by atoms with Gasteiger partial charge in [0.2, 0.25) is 5.43 Å². The maximum atomic E-state index is 13.4. The second kappa shape index (κ2) is 7.82. The quantitative estimate of drug-likeness (QED) is 0.788. The standard InChI is InChI=1S/C16H20FN3O3/c1-3-20-13-7-6-11(17)10-12(13)15(21)14(19-20)16(22)18-8-5-9-23-4-2/h6-7,10H,3-5,8-9H2,1-2H3,(H,18,22). The lowest BCUT2D eigenvalue weighted by Gasteiger charge is -2.10. The summed E-state index contributed by atoms with van der Waals surface area (Å²) in [4.78, 5) is 24.6. The van der Waals surface area contributed by atoms with E-state index in [-0.39, 0.29) is 11.1 Å². The van der Waals surface area contributed by atoms with E-state index in [0.717, 1.165) is 6.07 Å². The average molecular weight is 321 g/mol. The minimum Gasteiger partial charge on any atom is -0.382 e. The summed E-state index contributed by atoms with van der Waals surface area (Å²) in [7, 11) is 0. The summed E-state index contributed by atoms with van der Waals surface area (Å²) >= 11 is 0. The van der Waals surface area contributed by atoms with Crippen LogP contribution in [0.1, 0.15) is 30.8 Å². The van der Waals surface area contributed by atoms with Gasteiger partial charge in [0.05, 0.1) is 10.9 Å². The van der Waals surface area contributed by atoms with Crippen LogP contribution in [-0.2, 0) is 11.3 Å². The molecule has 1 amide bonds. The first-order chi connectivity index (χ1) is 11.1. The molecule has 0 aliphatic heterocycles. The van der Waals surface area contributed by atoms with Crippen molar-refractivity contribution in [3.05, 3.63) is 39.9 Å². The Hall–Kier alpha value is -2.28. The van der Waals surface area contributed by atoms with Crippen LogP contribution in [0, 0.1) is 5.82 Å².